The third-order valence-electron chi connectivity index (χ3n) is 2.96. The van der Waals surface area contributed by atoms with Crippen LogP contribution in [0.5, 0.6) is 0 Å². The number of benzene rings is 1. The minimum Gasteiger partial charge on any atom is -0.364 e. The number of rotatable bonds is 2. The Labute approximate surface area is 106 Å². The van der Waals surface area contributed by atoms with E-state index in [2.05, 4.69) is 54.0 Å². The summed E-state index contributed by atoms with van der Waals surface area (Å²) in [6.07, 6.45) is 0.761. The molecule has 0 spiro atoms. The topological polar surface area (TPSA) is 13.7 Å². The molecular formula is C13H19BrNO+. The van der Waals surface area contributed by atoms with Crippen LogP contribution in [0.3, 0.4) is 0 Å². The van der Waals surface area contributed by atoms with Gasteiger partial charge in [-0.3, -0.25) is 0 Å². The molecule has 3 heteroatoms. The second kappa shape index (κ2) is 5.30. The third-order valence-corrected chi connectivity index (χ3v) is 3.45. The number of halogens is 1. The fourth-order valence-corrected chi connectivity index (χ4v) is 2.92. The van der Waals surface area contributed by atoms with Crippen LogP contribution < -0.4 is 4.90 Å². The lowest BCUT2D eigenvalue weighted by Gasteiger charge is -2.32. The van der Waals surface area contributed by atoms with Gasteiger partial charge in [-0.05, 0) is 26.0 Å². The van der Waals surface area contributed by atoms with Gasteiger partial charge in [0.15, 0.2) is 0 Å². The highest BCUT2D eigenvalue weighted by atomic mass is 79.9. The summed E-state index contributed by atoms with van der Waals surface area (Å²) in [5.41, 5.74) is 1.39. The molecule has 1 aliphatic heterocycles. The molecule has 1 aromatic carbocycles. The maximum atomic E-state index is 5.75. The van der Waals surface area contributed by atoms with Gasteiger partial charge in [0, 0.05) is 10.0 Å². The van der Waals surface area contributed by atoms with Gasteiger partial charge in [0.1, 0.15) is 31.8 Å². The Balaban J connectivity index is 1.98. The highest BCUT2D eigenvalue weighted by Gasteiger charge is 2.25. The van der Waals surface area contributed by atoms with Crippen molar-refractivity contribution < 1.29 is 9.64 Å². The van der Waals surface area contributed by atoms with Crippen LogP contribution in [0.25, 0.3) is 0 Å². The van der Waals surface area contributed by atoms with Gasteiger partial charge in [-0.15, -0.1) is 0 Å². The molecule has 0 aliphatic carbocycles. The van der Waals surface area contributed by atoms with Crippen molar-refractivity contribution >= 4 is 15.9 Å². The zero-order valence-corrected chi connectivity index (χ0v) is 11.5. The van der Waals surface area contributed by atoms with Crippen LogP contribution in [0.1, 0.15) is 19.4 Å². The van der Waals surface area contributed by atoms with Crippen LogP contribution in [0.4, 0.5) is 0 Å². The minimum atomic E-state index is 0.380. The first-order valence-corrected chi connectivity index (χ1v) is 6.66. The van der Waals surface area contributed by atoms with E-state index in [-0.39, 0.29) is 0 Å². The van der Waals surface area contributed by atoms with Gasteiger partial charge in [0.25, 0.3) is 0 Å². The normalized spacial score (nSPS) is 30.3. The molecule has 1 heterocycles. The predicted molar refractivity (Wildman–Crippen MR) is 68.6 cm³/mol. The van der Waals surface area contributed by atoms with Crippen LogP contribution in [-0.2, 0) is 11.3 Å². The van der Waals surface area contributed by atoms with E-state index in [1.54, 1.807) is 4.90 Å². The first-order valence-electron chi connectivity index (χ1n) is 5.87. The highest BCUT2D eigenvalue weighted by molar-refractivity contribution is 9.10. The number of hydrogen-bond donors (Lipinski definition) is 1. The minimum absolute atomic E-state index is 0.380. The van der Waals surface area contributed by atoms with Crippen LogP contribution >= 0.6 is 15.9 Å². The maximum absolute atomic E-state index is 5.75. The van der Waals surface area contributed by atoms with Gasteiger partial charge < -0.3 is 9.64 Å². The van der Waals surface area contributed by atoms with Gasteiger partial charge in [-0.1, -0.05) is 28.1 Å². The number of quaternary nitrogens is 1. The summed E-state index contributed by atoms with van der Waals surface area (Å²) in [6, 6.07) is 8.58. The molecule has 3 atom stereocenters. The van der Waals surface area contributed by atoms with E-state index >= 15 is 0 Å². The molecule has 88 valence electrons. The Kier molecular flexibility index (Phi) is 4.00. The molecule has 0 radical (unpaired) electrons. The number of nitrogens with one attached hydrogen (secondary N) is 1. The number of hydrogen-bond acceptors (Lipinski definition) is 1. The van der Waals surface area contributed by atoms with Crippen molar-refractivity contribution in [3.8, 4) is 0 Å². The molecule has 0 aromatic heterocycles. The van der Waals surface area contributed by atoms with E-state index in [0.29, 0.717) is 12.2 Å². The zero-order valence-electron chi connectivity index (χ0n) is 9.87. The number of ether oxygens (including phenoxy) is 1. The molecule has 1 saturated heterocycles. The molecule has 2 nitrogen and oxygen atoms in total. The van der Waals surface area contributed by atoms with E-state index in [1.807, 2.05) is 0 Å². The fourth-order valence-electron chi connectivity index (χ4n) is 2.47. The molecule has 2 rings (SSSR count). The first-order chi connectivity index (χ1) is 7.63. The lowest BCUT2D eigenvalue weighted by Crippen LogP contribution is -3.14. The third kappa shape index (κ3) is 3.30. The summed E-state index contributed by atoms with van der Waals surface area (Å²) in [4.78, 5) is 1.62. The van der Waals surface area contributed by atoms with Crippen molar-refractivity contribution in [1.29, 1.82) is 0 Å². The summed E-state index contributed by atoms with van der Waals surface area (Å²) in [5.74, 6) is 0. The van der Waals surface area contributed by atoms with Gasteiger partial charge in [0.2, 0.25) is 0 Å². The van der Waals surface area contributed by atoms with Gasteiger partial charge >= 0.3 is 0 Å². The summed E-state index contributed by atoms with van der Waals surface area (Å²) in [5, 5.41) is 0. The van der Waals surface area contributed by atoms with Crippen LogP contribution in [0, 0.1) is 0 Å². The lowest BCUT2D eigenvalue weighted by molar-refractivity contribution is -0.928. The molecule has 1 aromatic rings. The summed E-state index contributed by atoms with van der Waals surface area (Å²) >= 11 is 3.52. The Morgan fingerprint density at radius 1 is 1.31 bits per heavy atom. The first kappa shape index (κ1) is 12.1. The zero-order chi connectivity index (χ0) is 11.5. The molecule has 1 N–H and O–H groups in total. The van der Waals surface area contributed by atoms with Gasteiger partial charge in [0.05, 0.1) is 0 Å². The standard InChI is InChI=1S/C13H18BrNO/c1-10-7-15(8-11(2)16-10)9-12-4-3-5-13(14)6-12/h3-6,10-11H,7-9H2,1-2H3/p+1/t10-,11+. The van der Waals surface area contributed by atoms with Crippen molar-refractivity contribution in [3.63, 3.8) is 0 Å². The number of morpholine rings is 1. The van der Waals surface area contributed by atoms with Gasteiger partial charge in [-0.25, -0.2) is 0 Å². The second-order valence-electron chi connectivity index (χ2n) is 4.72. The summed E-state index contributed by atoms with van der Waals surface area (Å²) < 4.78 is 6.91. The van der Waals surface area contributed by atoms with Gasteiger partial charge in [-0.2, -0.15) is 0 Å². The predicted octanol–water partition coefficient (Wildman–Crippen LogP) is 1.64. The Morgan fingerprint density at radius 2 is 2.00 bits per heavy atom. The maximum Gasteiger partial charge on any atom is 0.104 e. The average Bonchev–Trinajstić information content (AvgIpc) is 2.15. The summed E-state index contributed by atoms with van der Waals surface area (Å²) in [7, 11) is 0. The average molecular weight is 285 g/mol. The molecule has 0 bridgehead atoms. The Hall–Kier alpha value is -0.380. The SMILES string of the molecule is C[C@@H]1C[NH+](Cc2cccc(Br)c2)C[C@H](C)O1. The quantitative estimate of drug-likeness (QED) is 0.872. The molecular weight excluding hydrogens is 266 g/mol. The highest BCUT2D eigenvalue weighted by Crippen LogP contribution is 2.11. The van der Waals surface area contributed by atoms with Crippen molar-refractivity contribution in [1.82, 2.24) is 0 Å². The largest absolute Gasteiger partial charge is 0.364 e. The molecule has 1 fully saturated rings. The Bertz CT molecular complexity index is 346. The summed E-state index contributed by atoms with van der Waals surface area (Å²) in [6.45, 7) is 7.64. The molecule has 1 aliphatic rings. The molecule has 0 saturated carbocycles. The molecule has 0 amide bonds. The van der Waals surface area contributed by atoms with Crippen LogP contribution in [-0.4, -0.2) is 25.3 Å². The monoisotopic (exact) mass is 284 g/mol. The van der Waals surface area contributed by atoms with Crippen LogP contribution in [0.2, 0.25) is 0 Å². The Morgan fingerprint density at radius 3 is 2.62 bits per heavy atom. The molecule has 1 unspecified atom stereocenters. The fraction of sp³-hybridized carbons (Fsp3) is 0.538. The van der Waals surface area contributed by atoms with Crippen molar-refractivity contribution in [2.24, 2.45) is 0 Å². The van der Waals surface area contributed by atoms with E-state index < -0.39 is 0 Å². The smallest absolute Gasteiger partial charge is 0.104 e. The van der Waals surface area contributed by atoms with Crippen LogP contribution in [0.15, 0.2) is 28.7 Å². The van der Waals surface area contributed by atoms with Crippen molar-refractivity contribution in [3.05, 3.63) is 34.3 Å². The van der Waals surface area contributed by atoms with E-state index in [9.17, 15) is 0 Å². The van der Waals surface area contributed by atoms with E-state index in [1.165, 1.54) is 10.0 Å². The second-order valence-corrected chi connectivity index (χ2v) is 5.64. The lowest BCUT2D eigenvalue weighted by atomic mass is 10.1. The van der Waals surface area contributed by atoms with E-state index in [0.717, 1.165) is 19.6 Å². The van der Waals surface area contributed by atoms with Crippen molar-refractivity contribution in [2.75, 3.05) is 13.1 Å². The van der Waals surface area contributed by atoms with Crippen molar-refractivity contribution in [2.45, 2.75) is 32.6 Å². The molecule has 16 heavy (non-hydrogen) atoms. The van der Waals surface area contributed by atoms with E-state index in [4.69, 9.17) is 4.74 Å².